The summed E-state index contributed by atoms with van der Waals surface area (Å²) in [5.74, 6) is -2.25. The highest BCUT2D eigenvalue weighted by molar-refractivity contribution is 6.31. The van der Waals surface area contributed by atoms with Crippen molar-refractivity contribution in [2.45, 2.75) is 0 Å². The van der Waals surface area contributed by atoms with Gasteiger partial charge in [-0.25, -0.2) is 9.69 Å². The van der Waals surface area contributed by atoms with Gasteiger partial charge in [-0.2, -0.15) is 0 Å². The van der Waals surface area contributed by atoms with Crippen LogP contribution in [0.15, 0.2) is 48.6 Å². The number of carbonyl (C=O) groups is 3. The first-order chi connectivity index (χ1) is 9.59. The Morgan fingerprint density at radius 1 is 0.950 bits per heavy atom. The summed E-state index contributed by atoms with van der Waals surface area (Å²) < 4.78 is 0. The van der Waals surface area contributed by atoms with Crippen LogP contribution in [0.1, 0.15) is 10.4 Å². The summed E-state index contributed by atoms with van der Waals surface area (Å²) >= 11 is 0. The molecule has 1 aliphatic rings. The van der Waals surface area contributed by atoms with Gasteiger partial charge in [0, 0.05) is 17.5 Å². The molecule has 20 heavy (non-hydrogen) atoms. The number of rotatable bonds is 2. The van der Waals surface area contributed by atoms with Crippen molar-refractivity contribution < 1.29 is 19.5 Å². The van der Waals surface area contributed by atoms with Crippen LogP contribution in [0.3, 0.4) is 0 Å². The molecule has 1 heterocycles. The van der Waals surface area contributed by atoms with E-state index in [9.17, 15) is 19.5 Å². The molecule has 0 spiro atoms. The van der Waals surface area contributed by atoms with Crippen LogP contribution in [-0.4, -0.2) is 22.9 Å². The van der Waals surface area contributed by atoms with E-state index in [1.165, 1.54) is 6.07 Å². The number of imide groups is 1. The Morgan fingerprint density at radius 2 is 1.60 bits per heavy atom. The molecule has 0 aliphatic carbocycles. The van der Waals surface area contributed by atoms with Crippen LogP contribution in [-0.2, 0) is 9.59 Å². The van der Waals surface area contributed by atoms with Crippen molar-refractivity contribution in [3.63, 3.8) is 0 Å². The third-order valence-electron chi connectivity index (χ3n) is 3.16. The first-order valence-electron chi connectivity index (χ1n) is 5.91. The Kier molecular flexibility index (Phi) is 2.61. The van der Waals surface area contributed by atoms with Gasteiger partial charge < -0.3 is 5.11 Å². The summed E-state index contributed by atoms with van der Waals surface area (Å²) in [5, 5.41) is 10.6. The summed E-state index contributed by atoms with van der Waals surface area (Å²) in [5.41, 5.74) is 0.0460. The van der Waals surface area contributed by atoms with Gasteiger partial charge >= 0.3 is 5.97 Å². The monoisotopic (exact) mass is 267 g/mol. The highest BCUT2D eigenvalue weighted by Crippen LogP contribution is 2.32. The van der Waals surface area contributed by atoms with E-state index in [1.807, 2.05) is 0 Å². The third kappa shape index (κ3) is 1.68. The minimum atomic E-state index is -1.18. The SMILES string of the molecule is O=C(O)c1ccc2ccccc2c1N1C(=O)C=CC1=O. The largest absolute Gasteiger partial charge is 0.478 e. The normalized spacial score (nSPS) is 14.3. The Labute approximate surface area is 113 Å². The van der Waals surface area contributed by atoms with E-state index < -0.39 is 17.8 Å². The van der Waals surface area contributed by atoms with Gasteiger partial charge in [0.2, 0.25) is 0 Å². The van der Waals surface area contributed by atoms with E-state index in [-0.39, 0.29) is 11.3 Å². The summed E-state index contributed by atoms with van der Waals surface area (Å²) in [6.07, 6.45) is 2.27. The zero-order valence-corrected chi connectivity index (χ0v) is 10.2. The number of carboxylic acid groups (broad SMARTS) is 1. The lowest BCUT2D eigenvalue weighted by atomic mass is 10.0. The van der Waals surface area contributed by atoms with Gasteiger partial charge in [-0.1, -0.05) is 30.3 Å². The molecule has 0 radical (unpaired) electrons. The molecular weight excluding hydrogens is 258 g/mol. The Hall–Kier alpha value is -2.95. The fourth-order valence-electron chi connectivity index (χ4n) is 2.29. The molecule has 2 amide bonds. The first-order valence-corrected chi connectivity index (χ1v) is 5.91. The number of nitrogens with zero attached hydrogens (tertiary/aromatic N) is 1. The first kappa shape index (κ1) is 12.1. The van der Waals surface area contributed by atoms with Crippen LogP contribution in [0.2, 0.25) is 0 Å². The number of amides is 2. The van der Waals surface area contributed by atoms with Gasteiger partial charge in [0.1, 0.15) is 0 Å². The van der Waals surface area contributed by atoms with Crippen molar-refractivity contribution in [2.75, 3.05) is 4.90 Å². The van der Waals surface area contributed by atoms with Crippen molar-refractivity contribution in [3.05, 3.63) is 54.1 Å². The lowest BCUT2D eigenvalue weighted by Crippen LogP contribution is -2.31. The molecular formula is C15H9NO4. The van der Waals surface area contributed by atoms with E-state index in [0.717, 1.165) is 22.4 Å². The van der Waals surface area contributed by atoms with Crippen LogP contribution in [0.25, 0.3) is 10.8 Å². The minimum Gasteiger partial charge on any atom is -0.478 e. The third-order valence-corrected chi connectivity index (χ3v) is 3.16. The molecule has 3 rings (SSSR count). The molecule has 0 saturated heterocycles. The molecule has 1 aliphatic heterocycles. The zero-order valence-electron chi connectivity index (χ0n) is 10.2. The van der Waals surface area contributed by atoms with E-state index >= 15 is 0 Å². The fourth-order valence-corrected chi connectivity index (χ4v) is 2.29. The molecule has 2 aromatic rings. The molecule has 0 aromatic heterocycles. The van der Waals surface area contributed by atoms with Crippen molar-refractivity contribution in [1.29, 1.82) is 0 Å². The number of anilines is 1. The molecule has 0 bridgehead atoms. The van der Waals surface area contributed by atoms with E-state index in [1.54, 1.807) is 30.3 Å². The van der Waals surface area contributed by atoms with Crippen molar-refractivity contribution in [1.82, 2.24) is 0 Å². The average molecular weight is 267 g/mol. The predicted octanol–water partition coefficient (Wildman–Crippen LogP) is 1.97. The maximum Gasteiger partial charge on any atom is 0.337 e. The number of hydrogen-bond acceptors (Lipinski definition) is 3. The van der Waals surface area contributed by atoms with Crippen LogP contribution in [0.4, 0.5) is 5.69 Å². The highest BCUT2D eigenvalue weighted by atomic mass is 16.4. The maximum atomic E-state index is 11.8. The average Bonchev–Trinajstić information content (AvgIpc) is 2.77. The molecule has 5 nitrogen and oxygen atoms in total. The van der Waals surface area contributed by atoms with Crippen molar-refractivity contribution in [3.8, 4) is 0 Å². The van der Waals surface area contributed by atoms with Crippen LogP contribution in [0.5, 0.6) is 0 Å². The number of aromatic carboxylic acids is 1. The summed E-state index contributed by atoms with van der Waals surface area (Å²) in [7, 11) is 0. The van der Waals surface area contributed by atoms with Crippen LogP contribution < -0.4 is 4.90 Å². The predicted molar refractivity (Wildman–Crippen MR) is 72.5 cm³/mol. The lowest BCUT2D eigenvalue weighted by molar-refractivity contribution is -0.119. The molecule has 98 valence electrons. The number of carboxylic acids is 1. The second-order valence-electron chi connectivity index (χ2n) is 4.33. The molecule has 1 N–H and O–H groups in total. The summed E-state index contributed by atoms with van der Waals surface area (Å²) in [4.78, 5) is 35.9. The lowest BCUT2D eigenvalue weighted by Gasteiger charge is -2.18. The quantitative estimate of drug-likeness (QED) is 0.844. The maximum absolute atomic E-state index is 11.8. The van der Waals surface area contributed by atoms with Gasteiger partial charge in [-0.3, -0.25) is 9.59 Å². The van der Waals surface area contributed by atoms with Gasteiger partial charge in [-0.15, -0.1) is 0 Å². The van der Waals surface area contributed by atoms with Gasteiger partial charge in [0.25, 0.3) is 11.8 Å². The van der Waals surface area contributed by atoms with Gasteiger partial charge in [0.15, 0.2) is 0 Å². The van der Waals surface area contributed by atoms with Crippen molar-refractivity contribution in [2.24, 2.45) is 0 Å². The van der Waals surface area contributed by atoms with E-state index in [2.05, 4.69) is 0 Å². The highest BCUT2D eigenvalue weighted by Gasteiger charge is 2.30. The number of benzene rings is 2. The van der Waals surface area contributed by atoms with E-state index in [4.69, 9.17) is 0 Å². The minimum absolute atomic E-state index is 0.0749. The molecule has 0 unspecified atom stereocenters. The number of fused-ring (bicyclic) bond motifs is 1. The Balaban J connectivity index is 2.36. The zero-order chi connectivity index (χ0) is 14.3. The molecule has 0 atom stereocenters. The molecule has 2 aromatic carbocycles. The fraction of sp³-hybridized carbons (Fsp3) is 0. The summed E-state index contributed by atoms with van der Waals surface area (Å²) in [6.45, 7) is 0. The number of hydrogen-bond donors (Lipinski definition) is 1. The standard InChI is InChI=1S/C15H9NO4/c17-12-7-8-13(18)16(12)14-10-4-2-1-3-9(10)5-6-11(14)15(19)20/h1-8H,(H,19,20). The second kappa shape index (κ2) is 4.31. The second-order valence-corrected chi connectivity index (χ2v) is 4.33. The molecule has 0 saturated carbocycles. The van der Waals surface area contributed by atoms with Gasteiger partial charge in [-0.05, 0) is 11.5 Å². The van der Waals surface area contributed by atoms with Crippen LogP contribution in [0, 0.1) is 0 Å². The molecule has 5 heteroatoms. The number of carbonyl (C=O) groups excluding carboxylic acids is 2. The van der Waals surface area contributed by atoms with Crippen LogP contribution >= 0.6 is 0 Å². The van der Waals surface area contributed by atoms with Gasteiger partial charge in [0.05, 0.1) is 11.3 Å². The summed E-state index contributed by atoms with van der Waals surface area (Å²) in [6, 6.07) is 10.1. The van der Waals surface area contributed by atoms with E-state index in [0.29, 0.717) is 5.39 Å². The topological polar surface area (TPSA) is 74.7 Å². The Morgan fingerprint density at radius 3 is 2.25 bits per heavy atom. The van der Waals surface area contributed by atoms with Crippen molar-refractivity contribution >= 4 is 34.2 Å². The Bertz CT molecular complexity index is 774. The molecule has 0 fully saturated rings. The smallest absolute Gasteiger partial charge is 0.337 e.